The van der Waals surface area contributed by atoms with E-state index in [-0.39, 0.29) is 23.8 Å². The molecule has 0 atom stereocenters. The van der Waals surface area contributed by atoms with Crippen molar-refractivity contribution in [2.24, 2.45) is 0 Å². The predicted octanol–water partition coefficient (Wildman–Crippen LogP) is 4.74. The second-order valence-electron chi connectivity index (χ2n) is 6.99. The lowest BCUT2D eigenvalue weighted by atomic mass is 10.0. The standard InChI is InChI=1S/C23H13ClF2N2O4/c24-13-3-1-12(2-4-13)20-21(27-15-6-8-18-19(10-15)32-11-31-18)23(30)28(22(20)29)17-7-5-14(25)9-16(17)26/h1-10,27H,11H2. The Morgan fingerprint density at radius 2 is 1.62 bits per heavy atom. The molecule has 6 nitrogen and oxygen atoms in total. The fraction of sp³-hybridized carbons (Fsp3) is 0.0435. The highest BCUT2D eigenvalue weighted by Gasteiger charge is 2.41. The minimum absolute atomic E-state index is 0.0214. The zero-order valence-corrected chi connectivity index (χ0v) is 17.0. The summed E-state index contributed by atoms with van der Waals surface area (Å²) in [6.45, 7) is 0.0759. The van der Waals surface area contributed by atoms with E-state index in [4.69, 9.17) is 21.1 Å². The normalized spacial score (nSPS) is 15.0. The summed E-state index contributed by atoms with van der Waals surface area (Å²) in [5.74, 6) is -2.39. The Labute approximate surface area is 185 Å². The fourth-order valence-corrected chi connectivity index (χ4v) is 3.66. The van der Waals surface area contributed by atoms with Gasteiger partial charge in [-0.05, 0) is 42.0 Å². The van der Waals surface area contributed by atoms with E-state index in [2.05, 4.69) is 5.32 Å². The number of fused-ring (bicyclic) bond motifs is 1. The van der Waals surface area contributed by atoms with Crippen LogP contribution >= 0.6 is 11.6 Å². The molecule has 2 aliphatic rings. The van der Waals surface area contributed by atoms with Crippen molar-refractivity contribution >= 4 is 40.4 Å². The summed E-state index contributed by atoms with van der Waals surface area (Å²) in [6, 6.07) is 13.9. The van der Waals surface area contributed by atoms with Crippen molar-refractivity contribution in [1.82, 2.24) is 0 Å². The predicted molar refractivity (Wildman–Crippen MR) is 113 cm³/mol. The lowest BCUT2D eigenvalue weighted by molar-refractivity contribution is -0.120. The average molecular weight is 455 g/mol. The van der Waals surface area contributed by atoms with Crippen LogP contribution in [0, 0.1) is 11.6 Å². The lowest BCUT2D eigenvalue weighted by Crippen LogP contribution is -2.33. The molecule has 2 amide bonds. The minimum atomic E-state index is -1.04. The molecule has 0 bridgehead atoms. The van der Waals surface area contributed by atoms with Crippen LogP contribution in [-0.2, 0) is 9.59 Å². The van der Waals surface area contributed by atoms with Crippen LogP contribution in [0.4, 0.5) is 20.2 Å². The van der Waals surface area contributed by atoms with Crippen LogP contribution in [0.1, 0.15) is 5.56 Å². The van der Waals surface area contributed by atoms with Crippen LogP contribution in [-0.4, -0.2) is 18.6 Å². The molecule has 0 saturated carbocycles. The first kappa shape index (κ1) is 20.0. The van der Waals surface area contributed by atoms with Crippen molar-refractivity contribution in [3.05, 3.63) is 88.6 Å². The lowest BCUT2D eigenvalue weighted by Gasteiger charge is -2.16. The Bertz CT molecular complexity index is 1310. The molecule has 3 aromatic carbocycles. The topological polar surface area (TPSA) is 67.9 Å². The van der Waals surface area contributed by atoms with E-state index in [9.17, 15) is 18.4 Å². The van der Waals surface area contributed by atoms with Crippen LogP contribution in [0.25, 0.3) is 5.57 Å². The first-order valence-corrected chi connectivity index (χ1v) is 9.81. The first-order valence-electron chi connectivity index (χ1n) is 9.43. The zero-order valence-electron chi connectivity index (χ0n) is 16.2. The Kier molecular flexibility index (Phi) is 4.79. The van der Waals surface area contributed by atoms with Crippen molar-refractivity contribution in [3.63, 3.8) is 0 Å². The number of hydrogen-bond donors (Lipinski definition) is 1. The summed E-state index contributed by atoms with van der Waals surface area (Å²) in [5, 5.41) is 3.39. The molecule has 0 fully saturated rings. The van der Waals surface area contributed by atoms with E-state index in [1.807, 2.05) is 0 Å². The van der Waals surface area contributed by atoms with Gasteiger partial charge in [-0.3, -0.25) is 9.59 Å². The minimum Gasteiger partial charge on any atom is -0.454 e. The smallest absolute Gasteiger partial charge is 0.282 e. The number of carbonyl (C=O) groups excluding carboxylic acids is 2. The van der Waals surface area contributed by atoms with Gasteiger partial charge in [-0.1, -0.05) is 23.7 Å². The van der Waals surface area contributed by atoms with Crippen LogP contribution in [0.15, 0.2) is 66.4 Å². The van der Waals surface area contributed by atoms with Gasteiger partial charge < -0.3 is 14.8 Å². The number of hydrogen-bond acceptors (Lipinski definition) is 5. The van der Waals surface area contributed by atoms with Crippen molar-refractivity contribution < 1.29 is 27.8 Å². The van der Waals surface area contributed by atoms with E-state index >= 15 is 0 Å². The van der Waals surface area contributed by atoms with Gasteiger partial charge in [0, 0.05) is 22.8 Å². The number of nitrogens with zero attached hydrogens (tertiary/aromatic N) is 1. The van der Waals surface area contributed by atoms with E-state index < -0.39 is 23.4 Å². The molecule has 160 valence electrons. The van der Waals surface area contributed by atoms with Crippen molar-refractivity contribution in [2.75, 3.05) is 17.0 Å². The molecule has 0 radical (unpaired) electrons. The maximum atomic E-state index is 14.5. The number of benzene rings is 3. The molecule has 5 rings (SSSR count). The van der Waals surface area contributed by atoms with Crippen molar-refractivity contribution in [3.8, 4) is 11.5 Å². The molecule has 2 heterocycles. The third-order valence-electron chi connectivity index (χ3n) is 5.01. The highest BCUT2D eigenvalue weighted by Crippen LogP contribution is 2.38. The summed E-state index contributed by atoms with van der Waals surface area (Å²) < 4.78 is 38.5. The molecule has 0 aromatic heterocycles. The fourth-order valence-electron chi connectivity index (χ4n) is 3.53. The molecule has 2 aliphatic heterocycles. The number of nitrogens with one attached hydrogen (secondary N) is 1. The molecule has 0 unspecified atom stereocenters. The van der Waals surface area contributed by atoms with Crippen LogP contribution in [0.5, 0.6) is 11.5 Å². The molecule has 0 spiro atoms. The Morgan fingerprint density at radius 1 is 0.875 bits per heavy atom. The quantitative estimate of drug-likeness (QED) is 0.577. The SMILES string of the molecule is O=C1C(Nc2ccc3c(c2)OCO3)=C(c2ccc(Cl)cc2)C(=O)N1c1ccc(F)cc1F. The second kappa shape index (κ2) is 7.65. The Morgan fingerprint density at radius 3 is 2.38 bits per heavy atom. The zero-order chi connectivity index (χ0) is 22.4. The molecule has 3 aromatic rings. The second-order valence-corrected chi connectivity index (χ2v) is 7.43. The third-order valence-corrected chi connectivity index (χ3v) is 5.26. The Balaban J connectivity index is 1.61. The van der Waals surface area contributed by atoms with Gasteiger partial charge in [0.2, 0.25) is 6.79 Å². The number of carbonyl (C=O) groups is 2. The number of halogens is 3. The summed E-state index contributed by atoms with van der Waals surface area (Å²) >= 11 is 5.96. The maximum Gasteiger partial charge on any atom is 0.282 e. The largest absolute Gasteiger partial charge is 0.454 e. The highest BCUT2D eigenvalue weighted by atomic mass is 35.5. The monoisotopic (exact) mass is 454 g/mol. The van der Waals surface area contributed by atoms with Crippen molar-refractivity contribution in [1.29, 1.82) is 0 Å². The van der Waals surface area contributed by atoms with E-state index in [1.165, 1.54) is 0 Å². The molecule has 1 N–H and O–H groups in total. The summed E-state index contributed by atoms with van der Waals surface area (Å²) in [7, 11) is 0. The maximum absolute atomic E-state index is 14.5. The number of ether oxygens (including phenoxy) is 2. The highest BCUT2D eigenvalue weighted by molar-refractivity contribution is 6.46. The first-order chi connectivity index (χ1) is 15.4. The van der Waals surface area contributed by atoms with E-state index in [1.54, 1.807) is 42.5 Å². The number of amides is 2. The van der Waals surface area contributed by atoms with Gasteiger partial charge in [-0.15, -0.1) is 0 Å². The Hall–Kier alpha value is -3.91. The van der Waals surface area contributed by atoms with E-state index in [0.717, 1.165) is 12.1 Å². The van der Waals surface area contributed by atoms with Crippen LogP contribution in [0.3, 0.4) is 0 Å². The number of anilines is 2. The molecular weight excluding hydrogens is 442 g/mol. The van der Waals surface area contributed by atoms with Gasteiger partial charge in [0.25, 0.3) is 11.8 Å². The summed E-state index contributed by atoms with van der Waals surface area (Å²) in [5.41, 5.74) is 0.461. The molecule has 0 saturated heterocycles. The summed E-state index contributed by atoms with van der Waals surface area (Å²) in [4.78, 5) is 27.3. The van der Waals surface area contributed by atoms with Gasteiger partial charge >= 0.3 is 0 Å². The molecule has 9 heteroatoms. The number of rotatable bonds is 4. The van der Waals surface area contributed by atoms with Gasteiger partial charge in [0.05, 0.1) is 11.3 Å². The van der Waals surface area contributed by atoms with Gasteiger partial charge in [-0.25, -0.2) is 13.7 Å². The molecular formula is C23H13ClF2N2O4. The van der Waals surface area contributed by atoms with Gasteiger partial charge in [0.15, 0.2) is 11.5 Å². The van der Waals surface area contributed by atoms with Crippen LogP contribution < -0.4 is 19.7 Å². The van der Waals surface area contributed by atoms with Crippen molar-refractivity contribution in [2.45, 2.75) is 0 Å². The average Bonchev–Trinajstić information content (AvgIpc) is 3.32. The van der Waals surface area contributed by atoms with Crippen LogP contribution in [0.2, 0.25) is 5.02 Å². The van der Waals surface area contributed by atoms with Gasteiger partial charge in [-0.2, -0.15) is 0 Å². The van der Waals surface area contributed by atoms with E-state index in [0.29, 0.717) is 38.7 Å². The molecule has 0 aliphatic carbocycles. The van der Waals surface area contributed by atoms with Gasteiger partial charge in [0.1, 0.15) is 17.3 Å². The number of imide groups is 1. The molecule has 32 heavy (non-hydrogen) atoms. The third kappa shape index (κ3) is 3.34. The summed E-state index contributed by atoms with van der Waals surface area (Å²) in [6.07, 6.45) is 0.